The van der Waals surface area contributed by atoms with Gasteiger partial charge in [0.15, 0.2) is 0 Å². The minimum Gasteiger partial charge on any atom is -0.447 e. The van der Waals surface area contributed by atoms with E-state index in [1.807, 2.05) is 32.1 Å². The summed E-state index contributed by atoms with van der Waals surface area (Å²) in [5, 5.41) is 5.33. The van der Waals surface area contributed by atoms with Crippen LogP contribution in [0.15, 0.2) is 73.3 Å². The van der Waals surface area contributed by atoms with Gasteiger partial charge in [-0.1, -0.05) is 94.4 Å². The molecule has 0 aromatic heterocycles. The van der Waals surface area contributed by atoms with Crippen molar-refractivity contribution >= 4 is 24.8 Å². The molecule has 2 aromatic carbocycles. The number of rotatable bonds is 10. The summed E-state index contributed by atoms with van der Waals surface area (Å²) < 4.78 is 12.4. The Morgan fingerprint density at radius 1 is 1.03 bits per heavy atom. The lowest BCUT2D eigenvalue weighted by molar-refractivity contribution is 0.108. The maximum atomic E-state index is 12.2. The van der Waals surface area contributed by atoms with Crippen LogP contribution in [0, 0.1) is 0 Å². The summed E-state index contributed by atoms with van der Waals surface area (Å²) in [6.45, 7) is 16.6. The first-order valence-corrected chi connectivity index (χ1v) is 13.4. The lowest BCUT2D eigenvalue weighted by Gasteiger charge is -2.45. The third-order valence-corrected chi connectivity index (χ3v) is 10.7. The Kier molecular flexibility index (Phi) is 9.29. The molecule has 1 unspecified atom stereocenters. The van der Waals surface area contributed by atoms with Gasteiger partial charge in [0.25, 0.3) is 8.32 Å². The van der Waals surface area contributed by atoms with Gasteiger partial charge >= 0.3 is 6.09 Å². The summed E-state index contributed by atoms with van der Waals surface area (Å²) in [6.07, 6.45) is 2.53. The zero-order valence-electron chi connectivity index (χ0n) is 20.4. The quantitative estimate of drug-likeness (QED) is 0.386. The predicted octanol–water partition coefficient (Wildman–Crippen LogP) is 5.42. The largest absolute Gasteiger partial charge is 0.447 e. The molecule has 2 aromatic rings. The Bertz CT molecular complexity index is 807. The Morgan fingerprint density at radius 3 is 1.91 bits per heavy atom. The molecule has 1 amide bonds. The first kappa shape index (κ1) is 25.9. The van der Waals surface area contributed by atoms with Crippen LogP contribution >= 0.6 is 0 Å². The van der Waals surface area contributed by atoms with Crippen molar-refractivity contribution in [2.75, 3.05) is 0 Å². The topological polar surface area (TPSA) is 47.6 Å². The van der Waals surface area contributed by atoms with Crippen LogP contribution in [0.25, 0.3) is 0 Å². The van der Waals surface area contributed by atoms with E-state index >= 15 is 0 Å². The fourth-order valence-electron chi connectivity index (χ4n) is 4.13. The number of carbonyl (C=O) groups excluding carboxylic acids is 1. The molecular weight excluding hydrogens is 414 g/mol. The van der Waals surface area contributed by atoms with Gasteiger partial charge in [-0.25, -0.2) is 4.79 Å². The van der Waals surface area contributed by atoms with E-state index in [1.165, 1.54) is 10.4 Å². The molecule has 0 aliphatic carbocycles. The Hall–Kier alpha value is -2.37. The van der Waals surface area contributed by atoms with E-state index in [2.05, 4.69) is 88.1 Å². The molecule has 4 nitrogen and oxygen atoms in total. The van der Waals surface area contributed by atoms with Gasteiger partial charge in [0, 0.05) is 6.04 Å². The van der Waals surface area contributed by atoms with E-state index in [1.54, 1.807) is 0 Å². The number of ether oxygens (including phenoxy) is 1. The zero-order valence-corrected chi connectivity index (χ0v) is 21.4. The second-order valence-electron chi connectivity index (χ2n) is 9.49. The third kappa shape index (κ3) is 6.33. The minimum atomic E-state index is -2.69. The molecule has 0 bridgehead atoms. The maximum Gasteiger partial charge on any atom is 0.407 e. The number of amides is 1. The van der Waals surface area contributed by atoms with Gasteiger partial charge < -0.3 is 14.5 Å². The van der Waals surface area contributed by atoms with Crippen molar-refractivity contribution in [2.45, 2.75) is 77.7 Å². The molecule has 0 aliphatic heterocycles. The van der Waals surface area contributed by atoms with Gasteiger partial charge in [-0.2, -0.15) is 0 Å². The molecule has 2 rings (SSSR count). The van der Waals surface area contributed by atoms with Crippen molar-refractivity contribution in [1.82, 2.24) is 5.32 Å². The number of carbonyl (C=O) groups is 1. The third-order valence-electron chi connectivity index (χ3n) is 5.68. The van der Waals surface area contributed by atoms with Crippen LogP contribution in [0.3, 0.4) is 0 Å². The summed E-state index contributed by atoms with van der Waals surface area (Å²) >= 11 is 0. The molecule has 2 atom stereocenters. The van der Waals surface area contributed by atoms with Crippen LogP contribution < -0.4 is 15.7 Å². The van der Waals surface area contributed by atoms with Crippen LogP contribution in [0.4, 0.5) is 4.79 Å². The summed E-state index contributed by atoms with van der Waals surface area (Å²) in [5.74, 6) is 0. The number of hydrogen-bond donors (Lipinski definition) is 1. The van der Waals surface area contributed by atoms with E-state index in [0.717, 1.165) is 6.42 Å². The fourth-order valence-corrected chi connectivity index (χ4v) is 8.80. The van der Waals surface area contributed by atoms with Crippen molar-refractivity contribution in [1.29, 1.82) is 0 Å². The van der Waals surface area contributed by atoms with Crippen LogP contribution in [0.2, 0.25) is 5.04 Å². The van der Waals surface area contributed by atoms with Crippen LogP contribution in [-0.4, -0.2) is 32.7 Å². The molecule has 32 heavy (non-hydrogen) atoms. The van der Waals surface area contributed by atoms with Crippen LogP contribution in [0.5, 0.6) is 0 Å². The maximum absolute atomic E-state index is 12.2. The number of hydrogen-bond acceptors (Lipinski definition) is 3. The van der Waals surface area contributed by atoms with E-state index in [4.69, 9.17) is 9.16 Å². The van der Waals surface area contributed by atoms with Crippen molar-refractivity contribution in [2.24, 2.45) is 0 Å². The van der Waals surface area contributed by atoms with Crippen LogP contribution in [0.1, 0.15) is 54.4 Å². The molecular formula is C27H39NO3Si. The summed E-state index contributed by atoms with van der Waals surface area (Å²) in [4.78, 5) is 12.2. The highest BCUT2D eigenvalue weighted by Gasteiger charge is 2.51. The average molecular weight is 454 g/mol. The Balaban J connectivity index is 2.43. The van der Waals surface area contributed by atoms with Crippen molar-refractivity contribution in [3.8, 4) is 0 Å². The second kappa shape index (κ2) is 11.5. The van der Waals surface area contributed by atoms with Crippen molar-refractivity contribution in [3.63, 3.8) is 0 Å². The Labute approximate surface area is 195 Å². The normalized spacial score (nSPS) is 14.0. The smallest absolute Gasteiger partial charge is 0.407 e. The monoisotopic (exact) mass is 453 g/mol. The van der Waals surface area contributed by atoms with Gasteiger partial charge in [-0.15, -0.1) is 6.58 Å². The zero-order chi connectivity index (χ0) is 23.8. The molecule has 0 saturated heterocycles. The van der Waals surface area contributed by atoms with Crippen molar-refractivity contribution in [3.05, 3.63) is 73.3 Å². The number of nitrogens with one attached hydrogen (secondary N) is 1. The molecule has 0 aliphatic rings. The van der Waals surface area contributed by atoms with Gasteiger partial charge in [0.2, 0.25) is 0 Å². The van der Waals surface area contributed by atoms with E-state index < -0.39 is 8.32 Å². The molecule has 174 valence electrons. The summed E-state index contributed by atoms with van der Waals surface area (Å²) in [7, 11) is -2.69. The predicted molar refractivity (Wildman–Crippen MR) is 136 cm³/mol. The second-order valence-corrected chi connectivity index (χ2v) is 13.7. The Morgan fingerprint density at radius 2 is 1.53 bits per heavy atom. The van der Waals surface area contributed by atoms with E-state index in [-0.39, 0.29) is 29.4 Å². The molecule has 1 N–H and O–H groups in total. The van der Waals surface area contributed by atoms with E-state index in [9.17, 15) is 4.79 Å². The molecule has 0 heterocycles. The minimum absolute atomic E-state index is 0.0672. The average Bonchev–Trinajstić information content (AvgIpc) is 2.75. The molecule has 0 fully saturated rings. The van der Waals surface area contributed by atoms with Crippen molar-refractivity contribution < 1.29 is 14.0 Å². The lowest BCUT2D eigenvalue weighted by Crippen LogP contribution is -2.67. The van der Waals surface area contributed by atoms with Gasteiger partial charge in [0.05, 0.1) is 12.2 Å². The standard InChI is InChI=1S/C27H39NO3Si/c1-8-22(28-26(29)30-21(3)4)20-23(9-2)31-32(27(5,6)7,24-16-12-10-13-17-24)25-18-14-11-15-19-25/h9-19,21-23H,2,8,20H2,1,3-7H3,(H,28,29)/t22-,23?/m1/s1. The van der Waals surface area contributed by atoms with Crippen LogP contribution in [-0.2, 0) is 9.16 Å². The molecule has 5 heteroatoms. The van der Waals surface area contributed by atoms with Gasteiger partial charge in [-0.05, 0) is 42.1 Å². The molecule has 0 spiro atoms. The fraction of sp³-hybridized carbons (Fsp3) is 0.444. The number of benzene rings is 2. The SMILES string of the molecule is C=CC(C[C@@H](CC)NC(=O)OC(C)C)O[Si](c1ccccc1)(c1ccccc1)C(C)(C)C. The first-order valence-electron chi connectivity index (χ1n) is 11.5. The lowest BCUT2D eigenvalue weighted by atomic mass is 10.1. The highest BCUT2D eigenvalue weighted by Crippen LogP contribution is 2.38. The highest BCUT2D eigenvalue weighted by molar-refractivity contribution is 6.99. The van der Waals surface area contributed by atoms with Gasteiger partial charge in [-0.3, -0.25) is 0 Å². The summed E-state index contributed by atoms with van der Waals surface area (Å²) in [6, 6.07) is 21.1. The highest BCUT2D eigenvalue weighted by atomic mass is 28.4. The van der Waals surface area contributed by atoms with E-state index in [0.29, 0.717) is 6.42 Å². The molecule has 0 radical (unpaired) electrons. The summed E-state index contributed by atoms with van der Waals surface area (Å²) in [5.41, 5.74) is 0. The number of alkyl carbamates (subject to hydrolysis) is 1. The van der Waals surface area contributed by atoms with Gasteiger partial charge in [0.1, 0.15) is 0 Å². The first-order chi connectivity index (χ1) is 15.1. The molecule has 0 saturated carbocycles.